The number of benzene rings is 1. The third-order valence-electron chi connectivity index (χ3n) is 3.82. The number of rotatable bonds is 3. The maximum atomic E-state index is 12.6. The average molecular weight is 370 g/mol. The second-order valence-electron chi connectivity index (χ2n) is 7.15. The van der Waals surface area contributed by atoms with Crippen LogP contribution in [0, 0.1) is 11.3 Å². The van der Waals surface area contributed by atoms with Crippen LogP contribution in [0.3, 0.4) is 0 Å². The summed E-state index contributed by atoms with van der Waals surface area (Å²) in [5, 5.41) is 8.97. The van der Waals surface area contributed by atoms with Crippen molar-refractivity contribution < 1.29 is 27.4 Å². The molecule has 1 aromatic rings. The Kier molecular flexibility index (Phi) is 5.69. The Morgan fingerprint density at radius 2 is 1.88 bits per heavy atom. The zero-order valence-electron chi connectivity index (χ0n) is 14.8. The van der Waals surface area contributed by atoms with E-state index in [1.165, 1.54) is 17.0 Å². The van der Waals surface area contributed by atoms with Crippen LogP contribution in [0.2, 0.25) is 0 Å². The minimum absolute atomic E-state index is 0.131. The molecule has 1 aliphatic rings. The number of halogens is 3. The van der Waals surface area contributed by atoms with E-state index in [0.717, 1.165) is 12.1 Å². The van der Waals surface area contributed by atoms with Crippen molar-refractivity contribution in [3.05, 3.63) is 29.8 Å². The lowest BCUT2D eigenvalue weighted by molar-refractivity contribution is -0.137. The normalized spacial score (nSPS) is 20.6. The van der Waals surface area contributed by atoms with Crippen LogP contribution in [0.1, 0.15) is 39.2 Å². The molecule has 2 atom stereocenters. The van der Waals surface area contributed by atoms with Crippen molar-refractivity contribution >= 4 is 6.09 Å². The molecule has 1 aliphatic heterocycles. The van der Waals surface area contributed by atoms with Gasteiger partial charge in [-0.05, 0) is 45.0 Å². The van der Waals surface area contributed by atoms with Crippen LogP contribution in [-0.2, 0) is 10.9 Å². The predicted molar refractivity (Wildman–Crippen MR) is 87.4 cm³/mol. The van der Waals surface area contributed by atoms with E-state index >= 15 is 0 Å². The summed E-state index contributed by atoms with van der Waals surface area (Å²) in [5.41, 5.74) is -1.42. The summed E-state index contributed by atoms with van der Waals surface area (Å²) in [5.74, 6) is 0.282. The van der Waals surface area contributed by atoms with Crippen molar-refractivity contribution in [1.29, 1.82) is 5.26 Å². The molecular weight excluding hydrogens is 349 g/mol. The Labute approximate surface area is 150 Å². The SMILES string of the molecule is CC(C)(C)OC(=O)N1C[C@H](Oc2ccc(C(F)(F)F)cc2)C[C@H]1CC#N. The Hall–Kier alpha value is -2.43. The van der Waals surface area contributed by atoms with Crippen LogP contribution in [0.5, 0.6) is 5.75 Å². The number of amides is 1. The molecule has 142 valence electrons. The number of hydrogen-bond acceptors (Lipinski definition) is 4. The molecular formula is C18H21F3N2O3. The van der Waals surface area contributed by atoms with Crippen LogP contribution >= 0.6 is 0 Å². The summed E-state index contributed by atoms with van der Waals surface area (Å²) >= 11 is 0. The molecule has 0 N–H and O–H groups in total. The van der Waals surface area contributed by atoms with Crippen LogP contribution in [0.4, 0.5) is 18.0 Å². The Balaban J connectivity index is 2.05. The summed E-state index contributed by atoms with van der Waals surface area (Å²) < 4.78 is 48.9. The predicted octanol–water partition coefficient (Wildman–Crippen LogP) is 4.38. The zero-order valence-corrected chi connectivity index (χ0v) is 14.8. The monoisotopic (exact) mass is 370 g/mol. The van der Waals surface area contributed by atoms with Crippen molar-refractivity contribution in [2.24, 2.45) is 0 Å². The number of likely N-dealkylation sites (tertiary alicyclic amines) is 1. The lowest BCUT2D eigenvalue weighted by Gasteiger charge is -2.27. The van der Waals surface area contributed by atoms with Gasteiger partial charge < -0.3 is 14.4 Å². The molecule has 1 heterocycles. The fourth-order valence-corrected chi connectivity index (χ4v) is 2.72. The van der Waals surface area contributed by atoms with Gasteiger partial charge in [-0.25, -0.2) is 4.79 Å². The highest BCUT2D eigenvalue weighted by Crippen LogP contribution is 2.31. The summed E-state index contributed by atoms with van der Waals surface area (Å²) in [6.45, 7) is 5.45. The standard InChI is InChI=1S/C18H21F3N2O3/c1-17(2,3)26-16(24)23-11-15(10-13(23)8-9-22)25-14-6-4-12(5-7-14)18(19,20)21/h4-7,13,15H,8,10-11H2,1-3H3/t13-,15-/m1/s1. The van der Waals surface area contributed by atoms with Gasteiger partial charge in [0.2, 0.25) is 0 Å². The largest absolute Gasteiger partial charge is 0.489 e. The number of carbonyl (C=O) groups excluding carboxylic acids is 1. The first-order chi connectivity index (χ1) is 12.0. The van der Waals surface area contributed by atoms with Gasteiger partial charge in [-0.15, -0.1) is 0 Å². The Morgan fingerprint density at radius 3 is 2.38 bits per heavy atom. The lowest BCUT2D eigenvalue weighted by atomic mass is 10.1. The van der Waals surface area contributed by atoms with Crippen molar-refractivity contribution in [2.45, 2.75) is 57.5 Å². The van der Waals surface area contributed by atoms with E-state index in [4.69, 9.17) is 14.7 Å². The van der Waals surface area contributed by atoms with E-state index in [1.54, 1.807) is 20.8 Å². The summed E-state index contributed by atoms with van der Waals surface area (Å²) in [6.07, 6.45) is -4.81. The quantitative estimate of drug-likeness (QED) is 0.792. The molecule has 5 nitrogen and oxygen atoms in total. The fraction of sp³-hybridized carbons (Fsp3) is 0.556. The third kappa shape index (κ3) is 5.28. The fourth-order valence-electron chi connectivity index (χ4n) is 2.72. The van der Waals surface area contributed by atoms with Crippen LogP contribution in [-0.4, -0.2) is 35.3 Å². The van der Waals surface area contributed by atoms with Crippen molar-refractivity contribution in [3.8, 4) is 11.8 Å². The molecule has 0 bridgehead atoms. The number of nitriles is 1. The molecule has 2 rings (SSSR count). The molecule has 1 fully saturated rings. The van der Waals surface area contributed by atoms with E-state index in [-0.39, 0.29) is 24.8 Å². The van der Waals surface area contributed by atoms with Gasteiger partial charge in [0.25, 0.3) is 0 Å². The van der Waals surface area contributed by atoms with Gasteiger partial charge in [-0.3, -0.25) is 0 Å². The van der Waals surface area contributed by atoms with E-state index in [2.05, 4.69) is 0 Å². The van der Waals surface area contributed by atoms with Gasteiger partial charge in [-0.2, -0.15) is 18.4 Å². The van der Waals surface area contributed by atoms with Crippen molar-refractivity contribution in [2.75, 3.05) is 6.54 Å². The van der Waals surface area contributed by atoms with Gasteiger partial charge in [0.15, 0.2) is 0 Å². The molecule has 0 aliphatic carbocycles. The molecule has 1 amide bonds. The first kappa shape index (κ1) is 19.9. The molecule has 0 aromatic heterocycles. The Bertz CT molecular complexity index is 675. The zero-order chi connectivity index (χ0) is 19.5. The average Bonchev–Trinajstić information content (AvgIpc) is 2.88. The number of carbonyl (C=O) groups is 1. The summed E-state index contributed by atoms with van der Waals surface area (Å²) in [4.78, 5) is 13.8. The highest BCUT2D eigenvalue weighted by atomic mass is 19.4. The minimum Gasteiger partial charge on any atom is -0.489 e. The van der Waals surface area contributed by atoms with Crippen LogP contribution in [0.25, 0.3) is 0 Å². The molecule has 0 unspecified atom stereocenters. The van der Waals surface area contributed by atoms with Gasteiger partial charge in [0, 0.05) is 6.42 Å². The second kappa shape index (κ2) is 7.44. The van der Waals surface area contributed by atoms with Gasteiger partial charge in [0.05, 0.1) is 30.6 Å². The molecule has 26 heavy (non-hydrogen) atoms. The highest BCUT2D eigenvalue weighted by molar-refractivity contribution is 5.69. The molecule has 0 spiro atoms. The van der Waals surface area contributed by atoms with Gasteiger partial charge in [-0.1, -0.05) is 0 Å². The van der Waals surface area contributed by atoms with Crippen LogP contribution in [0.15, 0.2) is 24.3 Å². The van der Waals surface area contributed by atoms with Gasteiger partial charge in [0.1, 0.15) is 17.5 Å². The first-order valence-corrected chi connectivity index (χ1v) is 8.20. The maximum Gasteiger partial charge on any atom is 0.416 e. The summed E-state index contributed by atoms with van der Waals surface area (Å²) in [7, 11) is 0. The number of nitrogens with zero attached hydrogens (tertiary/aromatic N) is 2. The lowest BCUT2D eigenvalue weighted by Crippen LogP contribution is -2.40. The first-order valence-electron chi connectivity index (χ1n) is 8.20. The van der Waals surface area contributed by atoms with Crippen LogP contribution < -0.4 is 4.74 Å². The number of alkyl halides is 3. The van der Waals surface area contributed by atoms with Gasteiger partial charge >= 0.3 is 12.3 Å². The molecule has 0 saturated carbocycles. The smallest absolute Gasteiger partial charge is 0.416 e. The van der Waals surface area contributed by atoms with E-state index in [9.17, 15) is 18.0 Å². The number of hydrogen-bond donors (Lipinski definition) is 0. The van der Waals surface area contributed by atoms with Crippen molar-refractivity contribution in [1.82, 2.24) is 4.90 Å². The third-order valence-corrected chi connectivity index (χ3v) is 3.82. The second-order valence-corrected chi connectivity index (χ2v) is 7.15. The van der Waals surface area contributed by atoms with E-state index in [0.29, 0.717) is 6.42 Å². The topological polar surface area (TPSA) is 62.6 Å². The molecule has 1 aromatic carbocycles. The molecule has 0 radical (unpaired) electrons. The van der Waals surface area contributed by atoms with Crippen molar-refractivity contribution in [3.63, 3.8) is 0 Å². The van der Waals surface area contributed by atoms with E-state index < -0.39 is 29.5 Å². The van der Waals surface area contributed by atoms with E-state index in [1.807, 2.05) is 6.07 Å². The molecule has 8 heteroatoms. The highest BCUT2D eigenvalue weighted by Gasteiger charge is 2.38. The Morgan fingerprint density at radius 1 is 1.27 bits per heavy atom. The summed E-state index contributed by atoms with van der Waals surface area (Å²) in [6, 6.07) is 6.07. The minimum atomic E-state index is -4.41. The molecule has 1 saturated heterocycles. The number of ether oxygens (including phenoxy) is 2. The maximum absolute atomic E-state index is 12.6.